The van der Waals surface area contributed by atoms with E-state index < -0.39 is 0 Å². The van der Waals surface area contributed by atoms with E-state index >= 15 is 0 Å². The number of rotatable bonds is 6. The van der Waals surface area contributed by atoms with Crippen LogP contribution in [-0.4, -0.2) is 4.57 Å². The number of aromatic nitrogens is 1. The van der Waals surface area contributed by atoms with Crippen LogP contribution in [0.25, 0.3) is 50.3 Å². The smallest absolute Gasteiger partial charge is 0.0561 e. The molecule has 2 nitrogen and oxygen atoms in total. The average Bonchev–Trinajstić information content (AvgIpc) is 3.35. The van der Waals surface area contributed by atoms with Crippen LogP contribution < -0.4 is 4.90 Å². The molecule has 0 aliphatic rings. The summed E-state index contributed by atoms with van der Waals surface area (Å²) < 4.78 is 2.32. The molecule has 0 saturated carbocycles. The molecule has 0 atom stereocenters. The Kier molecular flexibility index (Phi) is 6.22. The summed E-state index contributed by atoms with van der Waals surface area (Å²) in [4.78, 5) is 2.39. The lowest BCUT2D eigenvalue weighted by molar-refractivity contribution is 1.10. The van der Waals surface area contributed by atoms with E-state index in [1.165, 1.54) is 32.5 Å². The molecule has 6 aromatic carbocycles. The maximum Gasteiger partial charge on any atom is 0.0561 e. The molecule has 41 heavy (non-hydrogen) atoms. The van der Waals surface area contributed by atoms with Crippen LogP contribution in [0.1, 0.15) is 18.2 Å². The largest absolute Gasteiger partial charge is 0.310 e. The first kappa shape index (κ1) is 24.7. The van der Waals surface area contributed by atoms with Gasteiger partial charge in [-0.1, -0.05) is 110 Å². The van der Waals surface area contributed by atoms with Crippen molar-refractivity contribution in [2.24, 2.45) is 0 Å². The molecular formula is C39H30N2. The Morgan fingerprint density at radius 2 is 1.27 bits per heavy atom. The van der Waals surface area contributed by atoms with E-state index in [2.05, 4.69) is 169 Å². The van der Waals surface area contributed by atoms with Crippen molar-refractivity contribution in [3.8, 4) is 5.69 Å². The van der Waals surface area contributed by atoms with Gasteiger partial charge < -0.3 is 9.47 Å². The molecule has 0 aliphatic heterocycles. The first-order chi connectivity index (χ1) is 20.3. The van der Waals surface area contributed by atoms with Crippen molar-refractivity contribution in [2.75, 3.05) is 4.90 Å². The van der Waals surface area contributed by atoms with Gasteiger partial charge in [-0.3, -0.25) is 0 Å². The fourth-order valence-corrected chi connectivity index (χ4v) is 6.08. The summed E-state index contributed by atoms with van der Waals surface area (Å²) in [5, 5.41) is 6.15. The van der Waals surface area contributed by atoms with Gasteiger partial charge in [0.05, 0.1) is 16.9 Å². The van der Waals surface area contributed by atoms with Gasteiger partial charge in [0.1, 0.15) is 0 Å². The number of nitrogens with zero attached hydrogens (tertiary/aromatic N) is 2. The Labute approximate surface area is 240 Å². The van der Waals surface area contributed by atoms with Crippen molar-refractivity contribution < 1.29 is 0 Å². The zero-order chi connectivity index (χ0) is 27.8. The predicted octanol–water partition coefficient (Wildman–Crippen LogP) is 11.1. The predicted molar refractivity (Wildman–Crippen MR) is 178 cm³/mol. The van der Waals surface area contributed by atoms with Gasteiger partial charge in [0.2, 0.25) is 0 Å². The third-order valence-corrected chi connectivity index (χ3v) is 7.83. The van der Waals surface area contributed by atoms with E-state index in [9.17, 15) is 0 Å². The number of anilines is 3. The first-order valence-corrected chi connectivity index (χ1v) is 14.0. The summed E-state index contributed by atoms with van der Waals surface area (Å²) in [6.45, 7) is 6.27. The maximum atomic E-state index is 4.21. The van der Waals surface area contributed by atoms with Crippen molar-refractivity contribution in [2.45, 2.75) is 6.92 Å². The highest BCUT2D eigenvalue weighted by atomic mass is 15.1. The van der Waals surface area contributed by atoms with E-state index in [0.29, 0.717) is 0 Å². The second-order valence-electron chi connectivity index (χ2n) is 10.2. The van der Waals surface area contributed by atoms with E-state index in [4.69, 9.17) is 0 Å². The molecule has 7 rings (SSSR count). The van der Waals surface area contributed by atoms with E-state index in [1.54, 1.807) is 0 Å². The van der Waals surface area contributed by atoms with Crippen LogP contribution in [0.5, 0.6) is 0 Å². The molecule has 0 radical (unpaired) electrons. The number of hydrogen-bond donors (Lipinski definition) is 0. The van der Waals surface area contributed by atoms with Crippen LogP contribution in [-0.2, 0) is 0 Å². The van der Waals surface area contributed by atoms with Crippen LogP contribution in [0.15, 0.2) is 146 Å². The second-order valence-corrected chi connectivity index (χ2v) is 10.2. The second kappa shape index (κ2) is 10.3. The third kappa shape index (κ3) is 4.13. The van der Waals surface area contributed by atoms with Crippen molar-refractivity contribution in [1.82, 2.24) is 4.57 Å². The molecule has 0 N–H and O–H groups in total. The van der Waals surface area contributed by atoms with Crippen LogP contribution in [0.2, 0.25) is 0 Å². The molecule has 0 saturated heterocycles. The van der Waals surface area contributed by atoms with Crippen LogP contribution >= 0.6 is 0 Å². The Morgan fingerprint density at radius 1 is 0.610 bits per heavy atom. The Morgan fingerprint density at radius 3 is 2.00 bits per heavy atom. The normalized spacial score (nSPS) is 11.5. The van der Waals surface area contributed by atoms with E-state index in [-0.39, 0.29) is 0 Å². The Balaban J connectivity index is 1.56. The Bertz CT molecular complexity index is 2060. The minimum atomic E-state index is 1.09. The van der Waals surface area contributed by atoms with Gasteiger partial charge >= 0.3 is 0 Å². The van der Waals surface area contributed by atoms with Crippen LogP contribution in [0.4, 0.5) is 17.1 Å². The van der Waals surface area contributed by atoms with Gasteiger partial charge in [-0.05, 0) is 71.6 Å². The quantitative estimate of drug-likeness (QED) is 0.196. The molecule has 0 amide bonds. The van der Waals surface area contributed by atoms with Gasteiger partial charge in [-0.2, -0.15) is 0 Å². The summed E-state index contributed by atoms with van der Waals surface area (Å²) in [7, 11) is 0. The van der Waals surface area contributed by atoms with E-state index in [1.807, 2.05) is 6.08 Å². The lowest BCUT2D eigenvalue weighted by Crippen LogP contribution is -2.10. The highest BCUT2D eigenvalue weighted by molar-refractivity contribution is 6.14. The van der Waals surface area contributed by atoms with Crippen molar-refractivity contribution in [3.63, 3.8) is 0 Å². The molecule has 0 fully saturated rings. The molecule has 1 heterocycles. The molecule has 0 aliphatic carbocycles. The molecule has 7 aromatic rings. The fourth-order valence-electron chi connectivity index (χ4n) is 6.08. The number of hydrogen-bond acceptors (Lipinski definition) is 1. The summed E-state index contributed by atoms with van der Waals surface area (Å²) in [5.41, 5.74) is 7.88. The molecular weight excluding hydrogens is 496 g/mol. The number of para-hydroxylation sites is 2. The zero-order valence-corrected chi connectivity index (χ0v) is 23.0. The number of benzene rings is 6. The lowest BCUT2D eigenvalue weighted by atomic mass is 9.99. The zero-order valence-electron chi connectivity index (χ0n) is 23.0. The highest BCUT2D eigenvalue weighted by Gasteiger charge is 2.20. The van der Waals surface area contributed by atoms with Crippen molar-refractivity contribution in [3.05, 3.63) is 157 Å². The number of allylic oxidation sites excluding steroid dienone is 1. The van der Waals surface area contributed by atoms with Crippen LogP contribution in [0.3, 0.4) is 0 Å². The van der Waals surface area contributed by atoms with Gasteiger partial charge in [0.15, 0.2) is 0 Å². The maximum absolute atomic E-state index is 4.21. The third-order valence-electron chi connectivity index (χ3n) is 7.83. The minimum Gasteiger partial charge on any atom is -0.310 e. The molecule has 196 valence electrons. The van der Waals surface area contributed by atoms with Gasteiger partial charge in [0.25, 0.3) is 0 Å². The SMILES string of the molecule is C=Cc1c(/C=C\C)c2ccc(N(c3ccccc3)c3cc4ccccc4c4ccccc34)cc2n1-c1ccccc1. The molecule has 1 aromatic heterocycles. The monoisotopic (exact) mass is 526 g/mol. The standard InChI is InChI=1S/C39H30N2/c1-3-15-34-36-25-24-31(27-39(36)41(37(34)4-2)30-19-9-6-10-20-30)40(29-17-7-5-8-18-29)38-26-28-16-11-12-21-32(28)33-22-13-14-23-35(33)38/h3-27H,2H2,1H3/b15-3-. The summed E-state index contributed by atoms with van der Waals surface area (Å²) in [5.74, 6) is 0. The minimum absolute atomic E-state index is 1.09. The summed E-state index contributed by atoms with van der Waals surface area (Å²) >= 11 is 0. The Hall–Kier alpha value is -5.34. The van der Waals surface area contributed by atoms with Gasteiger partial charge in [0, 0.05) is 33.4 Å². The van der Waals surface area contributed by atoms with Gasteiger partial charge in [-0.25, -0.2) is 0 Å². The summed E-state index contributed by atoms with van der Waals surface area (Å²) in [6.07, 6.45) is 6.25. The average molecular weight is 527 g/mol. The molecule has 0 spiro atoms. The molecule has 2 heteroatoms. The number of fused-ring (bicyclic) bond motifs is 4. The van der Waals surface area contributed by atoms with Crippen LogP contribution in [0, 0.1) is 0 Å². The first-order valence-electron chi connectivity index (χ1n) is 14.0. The molecule has 0 unspecified atom stereocenters. The molecule has 0 bridgehead atoms. The lowest BCUT2D eigenvalue weighted by Gasteiger charge is -2.28. The highest BCUT2D eigenvalue weighted by Crippen LogP contribution is 2.43. The van der Waals surface area contributed by atoms with Crippen molar-refractivity contribution >= 4 is 61.7 Å². The fraction of sp³-hybridized carbons (Fsp3) is 0.0256. The summed E-state index contributed by atoms with van der Waals surface area (Å²) in [6, 6.07) is 47.7. The van der Waals surface area contributed by atoms with E-state index in [0.717, 1.165) is 34.0 Å². The topological polar surface area (TPSA) is 8.17 Å². The van der Waals surface area contributed by atoms with Crippen molar-refractivity contribution in [1.29, 1.82) is 0 Å². The van der Waals surface area contributed by atoms with Gasteiger partial charge in [-0.15, -0.1) is 0 Å².